The van der Waals surface area contributed by atoms with Gasteiger partial charge in [-0.3, -0.25) is 14.9 Å². The van der Waals surface area contributed by atoms with E-state index in [2.05, 4.69) is 15.4 Å². The van der Waals surface area contributed by atoms with Crippen LogP contribution >= 0.6 is 0 Å². The molecule has 9 nitrogen and oxygen atoms in total. The quantitative estimate of drug-likeness (QED) is 0.675. The highest BCUT2D eigenvalue weighted by atomic mass is 16.6. The van der Waals surface area contributed by atoms with Crippen LogP contribution in [0.25, 0.3) is 0 Å². The summed E-state index contributed by atoms with van der Waals surface area (Å²) in [5.74, 6) is 0.479. The highest BCUT2D eigenvalue weighted by Crippen LogP contribution is 2.38. The molecule has 124 valence electrons. The van der Waals surface area contributed by atoms with Crippen LogP contribution in [0, 0.1) is 10.1 Å². The predicted octanol–water partition coefficient (Wildman–Crippen LogP) is 2.07. The number of ether oxygens (including phenoxy) is 1. The summed E-state index contributed by atoms with van der Waals surface area (Å²) in [5.41, 5.74) is 1.51. The molecule has 24 heavy (non-hydrogen) atoms. The Morgan fingerprint density at radius 3 is 2.83 bits per heavy atom. The van der Waals surface area contributed by atoms with E-state index in [9.17, 15) is 14.9 Å². The van der Waals surface area contributed by atoms with E-state index in [4.69, 9.17) is 4.74 Å². The summed E-state index contributed by atoms with van der Waals surface area (Å²) in [7, 11) is 1.37. The maximum Gasteiger partial charge on any atom is 0.311 e. The number of anilines is 1. The number of aromatic nitrogens is 3. The van der Waals surface area contributed by atoms with E-state index >= 15 is 0 Å². The van der Waals surface area contributed by atoms with Crippen molar-refractivity contribution in [3.63, 3.8) is 0 Å². The molecule has 0 bridgehead atoms. The molecule has 0 unspecified atom stereocenters. The number of hydrogen-bond acceptors (Lipinski definition) is 7. The van der Waals surface area contributed by atoms with Crippen molar-refractivity contribution in [3.8, 4) is 5.75 Å². The second-order valence-electron chi connectivity index (χ2n) is 5.34. The average molecular weight is 329 g/mol. The summed E-state index contributed by atoms with van der Waals surface area (Å²) in [4.78, 5) is 27.0. The molecule has 1 aliphatic rings. The van der Waals surface area contributed by atoms with Crippen LogP contribution in [0.3, 0.4) is 0 Å². The molecule has 1 aliphatic heterocycles. The van der Waals surface area contributed by atoms with Crippen LogP contribution in [0.5, 0.6) is 5.75 Å². The lowest BCUT2D eigenvalue weighted by atomic mass is 9.93. The van der Waals surface area contributed by atoms with E-state index in [0.717, 1.165) is 0 Å². The zero-order valence-corrected chi connectivity index (χ0v) is 13.3. The molecule has 1 aromatic heterocycles. The Balaban J connectivity index is 2.22. The van der Waals surface area contributed by atoms with Gasteiger partial charge in [0.1, 0.15) is 12.4 Å². The van der Waals surface area contributed by atoms with E-state index in [1.54, 1.807) is 13.0 Å². The molecule has 0 aliphatic carbocycles. The van der Waals surface area contributed by atoms with Gasteiger partial charge in [-0.25, -0.2) is 4.68 Å². The molecule has 0 amide bonds. The first-order valence-corrected chi connectivity index (χ1v) is 7.14. The van der Waals surface area contributed by atoms with Gasteiger partial charge in [-0.1, -0.05) is 6.07 Å². The standard InChI is InChI=1S/C15H15N5O4/c1-8-13(9(2)21)14(19-15(18-8)16-7-17-19)10-4-5-12(24-3)11(6-10)20(22)23/h4-7,14H,1-3H3,(H,16,17,18)/t14-/m1/s1. The Labute approximate surface area is 137 Å². The Morgan fingerprint density at radius 2 is 2.21 bits per heavy atom. The lowest BCUT2D eigenvalue weighted by Gasteiger charge is -2.28. The van der Waals surface area contributed by atoms with Gasteiger partial charge in [0, 0.05) is 17.3 Å². The molecule has 3 rings (SSSR count). The van der Waals surface area contributed by atoms with E-state index < -0.39 is 11.0 Å². The maximum absolute atomic E-state index is 12.1. The minimum atomic E-state index is -0.592. The number of nitro groups is 1. The molecule has 2 heterocycles. The summed E-state index contributed by atoms with van der Waals surface area (Å²) in [6.45, 7) is 3.22. The SMILES string of the molecule is COc1ccc([C@@H]2C(C(C)=O)=C(C)Nc3ncnn32)cc1[N+](=O)[O-]. The normalized spacial score (nSPS) is 16.4. The topological polar surface area (TPSA) is 112 Å². The van der Waals surface area contributed by atoms with Crippen molar-refractivity contribution in [2.24, 2.45) is 0 Å². The summed E-state index contributed by atoms with van der Waals surface area (Å²) in [5, 5.41) is 18.5. The number of benzene rings is 1. The number of nitro benzene ring substituents is 1. The molecule has 0 saturated carbocycles. The summed E-state index contributed by atoms with van der Waals surface area (Å²) >= 11 is 0. The predicted molar refractivity (Wildman–Crippen MR) is 84.8 cm³/mol. The zero-order valence-electron chi connectivity index (χ0n) is 13.3. The lowest BCUT2D eigenvalue weighted by molar-refractivity contribution is -0.385. The number of nitrogens with one attached hydrogen (secondary N) is 1. The van der Waals surface area contributed by atoms with Crippen molar-refractivity contribution in [3.05, 3.63) is 51.5 Å². The minimum absolute atomic E-state index is 0.148. The van der Waals surface area contributed by atoms with Crippen LogP contribution in [0.15, 0.2) is 35.8 Å². The maximum atomic E-state index is 12.1. The van der Waals surface area contributed by atoms with E-state index in [1.807, 2.05) is 0 Å². The second kappa shape index (κ2) is 5.76. The Kier molecular flexibility index (Phi) is 3.76. The minimum Gasteiger partial charge on any atom is -0.490 e. The van der Waals surface area contributed by atoms with E-state index in [1.165, 1.54) is 37.2 Å². The molecular weight excluding hydrogens is 314 g/mol. The number of methoxy groups -OCH3 is 1. The smallest absolute Gasteiger partial charge is 0.311 e. The highest BCUT2D eigenvalue weighted by Gasteiger charge is 2.33. The number of ketones is 1. The molecule has 9 heteroatoms. The third kappa shape index (κ3) is 2.39. The van der Waals surface area contributed by atoms with Gasteiger partial charge in [0.15, 0.2) is 11.5 Å². The first-order valence-electron chi connectivity index (χ1n) is 7.14. The number of allylic oxidation sites excluding steroid dienone is 2. The fourth-order valence-electron chi connectivity index (χ4n) is 2.88. The van der Waals surface area contributed by atoms with Crippen molar-refractivity contribution in [2.45, 2.75) is 19.9 Å². The number of carbonyl (C=O) groups is 1. The second-order valence-corrected chi connectivity index (χ2v) is 5.34. The van der Waals surface area contributed by atoms with Crippen LogP contribution < -0.4 is 10.1 Å². The van der Waals surface area contributed by atoms with Gasteiger partial charge in [0.2, 0.25) is 5.95 Å². The van der Waals surface area contributed by atoms with Gasteiger partial charge in [-0.15, -0.1) is 0 Å². The Morgan fingerprint density at radius 1 is 1.46 bits per heavy atom. The Hall–Kier alpha value is -3.23. The van der Waals surface area contributed by atoms with Gasteiger partial charge >= 0.3 is 5.69 Å². The molecule has 1 atom stereocenters. The van der Waals surface area contributed by atoms with E-state index in [0.29, 0.717) is 22.8 Å². The average Bonchev–Trinajstić information content (AvgIpc) is 3.00. The van der Waals surface area contributed by atoms with Gasteiger partial charge in [0.05, 0.1) is 12.0 Å². The first-order chi connectivity index (χ1) is 11.4. The number of hydrogen-bond donors (Lipinski definition) is 1. The number of carbonyl (C=O) groups excluding carboxylic acids is 1. The van der Waals surface area contributed by atoms with Gasteiger partial charge in [0.25, 0.3) is 0 Å². The van der Waals surface area contributed by atoms with Crippen molar-refractivity contribution in [2.75, 3.05) is 12.4 Å². The third-order valence-electron chi connectivity index (χ3n) is 3.89. The van der Waals surface area contributed by atoms with Crippen molar-refractivity contribution in [1.82, 2.24) is 14.8 Å². The fraction of sp³-hybridized carbons (Fsp3) is 0.267. The number of rotatable bonds is 4. The van der Waals surface area contributed by atoms with Crippen LogP contribution in [0.1, 0.15) is 25.5 Å². The molecule has 2 aromatic rings. The number of nitrogens with zero attached hydrogens (tertiary/aromatic N) is 4. The van der Waals surface area contributed by atoms with Gasteiger partial charge in [-0.2, -0.15) is 10.1 Å². The molecule has 0 fully saturated rings. The van der Waals surface area contributed by atoms with Gasteiger partial charge < -0.3 is 10.1 Å². The molecule has 0 saturated heterocycles. The largest absolute Gasteiger partial charge is 0.490 e. The van der Waals surface area contributed by atoms with E-state index in [-0.39, 0.29) is 17.2 Å². The molecule has 0 radical (unpaired) electrons. The fourth-order valence-corrected chi connectivity index (χ4v) is 2.88. The van der Waals surface area contributed by atoms with Crippen LogP contribution in [-0.2, 0) is 4.79 Å². The molecule has 0 spiro atoms. The molecule has 1 aromatic carbocycles. The van der Waals surface area contributed by atoms with Crippen molar-refractivity contribution >= 4 is 17.4 Å². The number of Topliss-reactive ketones (excluding diaryl/α,β-unsaturated/α-hetero) is 1. The monoisotopic (exact) mass is 329 g/mol. The van der Waals surface area contributed by atoms with Crippen LogP contribution in [0.4, 0.5) is 11.6 Å². The zero-order chi connectivity index (χ0) is 17.4. The summed E-state index contributed by atoms with van der Waals surface area (Å²) in [6, 6.07) is 4.00. The van der Waals surface area contributed by atoms with Crippen molar-refractivity contribution in [1.29, 1.82) is 0 Å². The lowest BCUT2D eigenvalue weighted by Crippen LogP contribution is -2.27. The highest BCUT2D eigenvalue weighted by molar-refractivity contribution is 5.96. The van der Waals surface area contributed by atoms with Crippen LogP contribution in [0.2, 0.25) is 0 Å². The summed E-state index contributed by atoms with van der Waals surface area (Å²) < 4.78 is 6.57. The molecular formula is C15H15N5O4. The van der Waals surface area contributed by atoms with Crippen molar-refractivity contribution < 1.29 is 14.5 Å². The summed E-state index contributed by atoms with van der Waals surface area (Å²) in [6.07, 6.45) is 1.36. The first kappa shape index (κ1) is 15.7. The van der Waals surface area contributed by atoms with Crippen LogP contribution in [-0.4, -0.2) is 32.6 Å². The third-order valence-corrected chi connectivity index (χ3v) is 3.89. The molecule has 1 N–H and O–H groups in total. The number of fused-ring (bicyclic) bond motifs is 1. The Bertz CT molecular complexity index is 870. The van der Waals surface area contributed by atoms with Gasteiger partial charge in [-0.05, 0) is 25.5 Å².